The van der Waals surface area contributed by atoms with Gasteiger partial charge in [-0.15, -0.1) is 0 Å². The second-order valence-corrected chi connectivity index (χ2v) is 5.08. The zero-order chi connectivity index (χ0) is 14.6. The van der Waals surface area contributed by atoms with E-state index in [4.69, 9.17) is 4.74 Å². The molecule has 106 valence electrons. The molecule has 1 amide bonds. The minimum atomic E-state index is -0.333. The second-order valence-electron chi connectivity index (χ2n) is 4.12. The van der Waals surface area contributed by atoms with Crippen LogP contribution in [0.2, 0.25) is 0 Å². The summed E-state index contributed by atoms with van der Waals surface area (Å²) in [4.78, 5) is 36.5. The van der Waals surface area contributed by atoms with Crippen molar-refractivity contribution >= 4 is 23.2 Å². The first-order chi connectivity index (χ1) is 8.88. The van der Waals surface area contributed by atoms with Gasteiger partial charge in [0.15, 0.2) is 0 Å². The monoisotopic (exact) mass is 286 g/mol. The van der Waals surface area contributed by atoms with Crippen LogP contribution in [0.15, 0.2) is 4.79 Å². The SMILES string of the molecule is CCOC(=O)CCN(C)C(=O)c1sc(=O)n(C)c1C. The van der Waals surface area contributed by atoms with E-state index in [0.29, 0.717) is 17.2 Å². The molecular formula is C12H18N2O4S. The zero-order valence-corrected chi connectivity index (χ0v) is 12.4. The van der Waals surface area contributed by atoms with Crippen molar-refractivity contribution in [3.63, 3.8) is 0 Å². The van der Waals surface area contributed by atoms with E-state index in [1.54, 1.807) is 27.9 Å². The molecule has 0 radical (unpaired) electrons. The van der Waals surface area contributed by atoms with Crippen LogP contribution in [-0.2, 0) is 16.6 Å². The highest BCUT2D eigenvalue weighted by Gasteiger charge is 2.20. The first-order valence-corrected chi connectivity index (χ1v) is 6.77. The summed E-state index contributed by atoms with van der Waals surface area (Å²) in [5, 5.41) is 0. The van der Waals surface area contributed by atoms with Gasteiger partial charge < -0.3 is 14.2 Å². The Morgan fingerprint density at radius 3 is 2.53 bits per heavy atom. The molecule has 0 aliphatic heterocycles. The van der Waals surface area contributed by atoms with E-state index >= 15 is 0 Å². The van der Waals surface area contributed by atoms with Crippen LogP contribution in [0.3, 0.4) is 0 Å². The lowest BCUT2D eigenvalue weighted by atomic mass is 10.3. The van der Waals surface area contributed by atoms with Crippen LogP contribution in [0, 0.1) is 6.92 Å². The van der Waals surface area contributed by atoms with E-state index in [9.17, 15) is 14.4 Å². The minimum Gasteiger partial charge on any atom is -0.466 e. The van der Waals surface area contributed by atoms with Gasteiger partial charge in [-0.3, -0.25) is 14.4 Å². The lowest BCUT2D eigenvalue weighted by Gasteiger charge is -2.16. The number of ether oxygens (including phenoxy) is 1. The normalized spacial score (nSPS) is 10.3. The Morgan fingerprint density at radius 2 is 2.05 bits per heavy atom. The van der Waals surface area contributed by atoms with E-state index < -0.39 is 0 Å². The molecule has 7 heteroatoms. The van der Waals surface area contributed by atoms with Gasteiger partial charge in [-0.2, -0.15) is 0 Å². The van der Waals surface area contributed by atoms with Crippen LogP contribution >= 0.6 is 11.3 Å². The number of aromatic nitrogens is 1. The average Bonchev–Trinajstić information content (AvgIpc) is 2.63. The maximum atomic E-state index is 12.1. The first-order valence-electron chi connectivity index (χ1n) is 5.96. The standard InChI is InChI=1S/C12H18N2O4S/c1-5-18-9(15)6-7-13(3)11(16)10-8(2)14(4)12(17)19-10/h5-7H2,1-4H3. The third-order valence-corrected chi connectivity index (χ3v) is 3.92. The summed E-state index contributed by atoms with van der Waals surface area (Å²) in [6.45, 7) is 4.06. The van der Waals surface area contributed by atoms with Crippen molar-refractivity contribution in [2.75, 3.05) is 20.2 Å². The zero-order valence-electron chi connectivity index (χ0n) is 11.6. The van der Waals surface area contributed by atoms with Crippen LogP contribution in [0.25, 0.3) is 0 Å². The molecule has 0 unspecified atom stereocenters. The van der Waals surface area contributed by atoms with Gasteiger partial charge >= 0.3 is 10.8 Å². The number of hydrogen-bond donors (Lipinski definition) is 0. The highest BCUT2D eigenvalue weighted by Crippen LogP contribution is 2.13. The van der Waals surface area contributed by atoms with Gasteiger partial charge in [-0.25, -0.2) is 0 Å². The van der Waals surface area contributed by atoms with Crippen LogP contribution in [0.1, 0.15) is 28.7 Å². The van der Waals surface area contributed by atoms with Gasteiger partial charge in [0.1, 0.15) is 4.88 Å². The number of carbonyl (C=O) groups is 2. The number of rotatable bonds is 5. The van der Waals surface area contributed by atoms with Crippen molar-refractivity contribution < 1.29 is 14.3 Å². The van der Waals surface area contributed by atoms with Crippen molar-refractivity contribution in [2.45, 2.75) is 20.3 Å². The molecule has 0 aliphatic carbocycles. The number of carbonyl (C=O) groups excluding carboxylic acids is 2. The van der Waals surface area contributed by atoms with Crippen molar-refractivity contribution in [3.05, 3.63) is 20.2 Å². The first kappa shape index (κ1) is 15.4. The molecule has 0 bridgehead atoms. The molecule has 0 fully saturated rings. The second kappa shape index (κ2) is 6.51. The fourth-order valence-electron chi connectivity index (χ4n) is 1.48. The van der Waals surface area contributed by atoms with E-state index in [1.807, 2.05) is 0 Å². The summed E-state index contributed by atoms with van der Waals surface area (Å²) < 4.78 is 6.24. The molecular weight excluding hydrogens is 268 g/mol. The van der Waals surface area contributed by atoms with Crippen molar-refractivity contribution in [1.82, 2.24) is 9.47 Å². The minimum absolute atomic E-state index is 0.150. The molecule has 0 spiro atoms. The van der Waals surface area contributed by atoms with Gasteiger partial charge in [-0.1, -0.05) is 11.3 Å². The highest BCUT2D eigenvalue weighted by atomic mass is 32.1. The quantitative estimate of drug-likeness (QED) is 0.750. The molecule has 0 aliphatic rings. The summed E-state index contributed by atoms with van der Waals surface area (Å²) in [6.07, 6.45) is 0.150. The molecule has 0 N–H and O–H groups in total. The topological polar surface area (TPSA) is 68.6 Å². The van der Waals surface area contributed by atoms with Gasteiger partial charge in [0.05, 0.1) is 13.0 Å². The molecule has 0 saturated carbocycles. The largest absolute Gasteiger partial charge is 0.466 e. The van der Waals surface area contributed by atoms with Gasteiger partial charge in [0, 0.05) is 26.3 Å². The molecule has 1 aromatic rings. The third-order valence-electron chi connectivity index (χ3n) is 2.79. The number of thiazole rings is 1. The summed E-state index contributed by atoms with van der Waals surface area (Å²) in [7, 11) is 3.23. The fourth-order valence-corrected chi connectivity index (χ4v) is 2.46. The maximum Gasteiger partial charge on any atom is 0.307 e. The van der Waals surface area contributed by atoms with E-state index in [1.165, 1.54) is 9.47 Å². The Morgan fingerprint density at radius 1 is 1.42 bits per heavy atom. The predicted octanol–water partition coefficient (Wildman–Crippen LogP) is 0.780. The fraction of sp³-hybridized carbons (Fsp3) is 0.583. The Hall–Kier alpha value is -1.63. The molecule has 1 rings (SSSR count). The molecule has 1 aromatic heterocycles. The number of nitrogens with zero attached hydrogens (tertiary/aromatic N) is 2. The predicted molar refractivity (Wildman–Crippen MR) is 72.5 cm³/mol. The van der Waals surface area contributed by atoms with Crippen molar-refractivity contribution in [1.29, 1.82) is 0 Å². The smallest absolute Gasteiger partial charge is 0.307 e. The molecule has 0 atom stereocenters. The van der Waals surface area contributed by atoms with Crippen LogP contribution in [0.4, 0.5) is 0 Å². The molecule has 19 heavy (non-hydrogen) atoms. The maximum absolute atomic E-state index is 12.1. The molecule has 0 saturated heterocycles. The van der Waals surface area contributed by atoms with E-state index in [-0.39, 0.29) is 29.7 Å². The lowest BCUT2D eigenvalue weighted by Crippen LogP contribution is -2.29. The van der Waals surface area contributed by atoms with Gasteiger partial charge in [0.25, 0.3) is 5.91 Å². The van der Waals surface area contributed by atoms with Gasteiger partial charge in [0.2, 0.25) is 0 Å². The Kier molecular flexibility index (Phi) is 5.29. The molecule has 0 aromatic carbocycles. The van der Waals surface area contributed by atoms with Crippen LogP contribution in [0.5, 0.6) is 0 Å². The van der Waals surface area contributed by atoms with E-state index in [2.05, 4.69) is 0 Å². The number of amides is 1. The Labute approximate surface area is 115 Å². The Balaban J connectivity index is 2.69. The van der Waals surface area contributed by atoms with Crippen LogP contribution in [-0.4, -0.2) is 41.5 Å². The lowest BCUT2D eigenvalue weighted by molar-refractivity contribution is -0.143. The summed E-state index contributed by atoms with van der Waals surface area (Å²) in [5.41, 5.74) is 0.642. The Bertz CT molecular complexity index is 532. The van der Waals surface area contributed by atoms with E-state index in [0.717, 1.165) is 11.3 Å². The van der Waals surface area contributed by atoms with Crippen molar-refractivity contribution in [2.24, 2.45) is 7.05 Å². The van der Waals surface area contributed by atoms with Gasteiger partial charge in [-0.05, 0) is 13.8 Å². The highest BCUT2D eigenvalue weighted by molar-refractivity contribution is 7.11. The molecule has 6 nitrogen and oxygen atoms in total. The number of esters is 1. The summed E-state index contributed by atoms with van der Waals surface area (Å²) in [5.74, 6) is -0.579. The van der Waals surface area contributed by atoms with Crippen LogP contribution < -0.4 is 4.87 Å². The summed E-state index contributed by atoms with van der Waals surface area (Å²) >= 11 is 0.922. The average molecular weight is 286 g/mol. The summed E-state index contributed by atoms with van der Waals surface area (Å²) in [6, 6.07) is 0. The third kappa shape index (κ3) is 3.66. The molecule has 1 heterocycles. The number of hydrogen-bond acceptors (Lipinski definition) is 5. The van der Waals surface area contributed by atoms with Crippen molar-refractivity contribution in [3.8, 4) is 0 Å².